The van der Waals surface area contributed by atoms with Gasteiger partial charge in [0.1, 0.15) is 29.2 Å². The Morgan fingerprint density at radius 2 is 1.84 bits per heavy atom. The molecule has 1 saturated carbocycles. The third kappa shape index (κ3) is 5.71. The summed E-state index contributed by atoms with van der Waals surface area (Å²) in [6.45, 7) is 0. The third-order valence-electron chi connectivity index (χ3n) is 7.12. The monoisotopic (exact) mass is 530 g/mol. The predicted molar refractivity (Wildman–Crippen MR) is 131 cm³/mol. The average molecular weight is 531 g/mol. The zero-order valence-electron chi connectivity index (χ0n) is 20.6. The van der Waals surface area contributed by atoms with Crippen molar-refractivity contribution in [2.24, 2.45) is 5.92 Å². The van der Waals surface area contributed by atoms with Crippen molar-refractivity contribution >= 4 is 5.97 Å². The standard InChI is InChI=1S/C29H26F4O5/c1-36-20-8-10-24(30)23(14-20)21-9-6-19(13-27(21)38-29(31,32)33)25-11-7-17-4-5-18(12-26(17)37-25)22(15-28(34)35)16-2-3-16/h4-6,8-10,12-14,16,22,25H,2-3,7,11,15H2,1H3,(H,34,35)/t22-,25?/m0/s1. The number of alkyl halides is 3. The summed E-state index contributed by atoms with van der Waals surface area (Å²) in [5.74, 6) is -1.01. The van der Waals surface area contributed by atoms with Gasteiger partial charge in [0, 0.05) is 11.1 Å². The van der Waals surface area contributed by atoms with Crippen LogP contribution in [0.5, 0.6) is 17.2 Å². The summed E-state index contributed by atoms with van der Waals surface area (Å²) in [5.41, 5.74) is 2.15. The maximum absolute atomic E-state index is 14.6. The molecule has 2 aliphatic rings. The highest BCUT2D eigenvalue weighted by Gasteiger charge is 2.35. The van der Waals surface area contributed by atoms with Crippen molar-refractivity contribution in [3.05, 3.63) is 77.1 Å². The average Bonchev–Trinajstić information content (AvgIpc) is 3.71. The number of rotatable bonds is 8. The van der Waals surface area contributed by atoms with E-state index in [1.807, 2.05) is 18.2 Å². The van der Waals surface area contributed by atoms with Crippen LogP contribution in [0.25, 0.3) is 11.1 Å². The number of methoxy groups -OCH3 is 1. The van der Waals surface area contributed by atoms with Gasteiger partial charge in [0.05, 0.1) is 13.5 Å². The van der Waals surface area contributed by atoms with Crippen LogP contribution in [0.2, 0.25) is 0 Å². The van der Waals surface area contributed by atoms with E-state index in [1.54, 1.807) is 6.07 Å². The van der Waals surface area contributed by atoms with E-state index in [4.69, 9.17) is 9.47 Å². The van der Waals surface area contributed by atoms with Crippen molar-refractivity contribution in [1.29, 1.82) is 0 Å². The summed E-state index contributed by atoms with van der Waals surface area (Å²) in [4.78, 5) is 11.4. The molecular weight excluding hydrogens is 504 g/mol. The van der Waals surface area contributed by atoms with Crippen molar-refractivity contribution in [2.45, 2.75) is 50.5 Å². The zero-order valence-corrected chi connectivity index (χ0v) is 20.6. The van der Waals surface area contributed by atoms with Gasteiger partial charge in [-0.05, 0) is 84.5 Å². The summed E-state index contributed by atoms with van der Waals surface area (Å²) in [5, 5.41) is 9.36. The topological polar surface area (TPSA) is 65.0 Å². The summed E-state index contributed by atoms with van der Waals surface area (Å²) in [7, 11) is 1.38. The second-order valence-electron chi connectivity index (χ2n) is 9.70. The molecule has 200 valence electrons. The first kappa shape index (κ1) is 25.9. The molecule has 3 aromatic rings. The zero-order chi connectivity index (χ0) is 27.0. The van der Waals surface area contributed by atoms with Crippen molar-refractivity contribution in [3.63, 3.8) is 0 Å². The molecule has 9 heteroatoms. The number of carbonyl (C=O) groups is 1. The smallest absolute Gasteiger partial charge is 0.497 e. The van der Waals surface area contributed by atoms with Gasteiger partial charge in [-0.15, -0.1) is 13.2 Å². The van der Waals surface area contributed by atoms with Crippen LogP contribution in [0.3, 0.4) is 0 Å². The van der Waals surface area contributed by atoms with Gasteiger partial charge < -0.3 is 19.3 Å². The van der Waals surface area contributed by atoms with Crippen LogP contribution < -0.4 is 14.2 Å². The van der Waals surface area contributed by atoms with E-state index < -0.39 is 30.0 Å². The Hall–Kier alpha value is -3.75. The van der Waals surface area contributed by atoms with E-state index in [2.05, 4.69) is 4.74 Å². The van der Waals surface area contributed by atoms with Crippen LogP contribution in [0.15, 0.2) is 54.6 Å². The van der Waals surface area contributed by atoms with Gasteiger partial charge in [0.2, 0.25) is 0 Å². The molecule has 1 N–H and O–H groups in total. The van der Waals surface area contributed by atoms with Gasteiger partial charge in [-0.2, -0.15) is 0 Å². The molecule has 1 aliphatic carbocycles. The van der Waals surface area contributed by atoms with Gasteiger partial charge in [-0.3, -0.25) is 4.79 Å². The second-order valence-corrected chi connectivity index (χ2v) is 9.70. The molecule has 0 spiro atoms. The molecule has 1 heterocycles. The fourth-order valence-corrected chi connectivity index (χ4v) is 5.10. The van der Waals surface area contributed by atoms with E-state index >= 15 is 0 Å². The number of carboxylic acids is 1. The number of ether oxygens (including phenoxy) is 3. The lowest BCUT2D eigenvalue weighted by molar-refractivity contribution is -0.274. The molecule has 1 fully saturated rings. The van der Waals surface area contributed by atoms with E-state index in [-0.39, 0.29) is 23.5 Å². The summed E-state index contributed by atoms with van der Waals surface area (Å²) in [6, 6.07) is 13.8. The number of aryl methyl sites for hydroxylation is 1. The van der Waals surface area contributed by atoms with E-state index in [0.29, 0.717) is 35.8 Å². The minimum Gasteiger partial charge on any atom is -0.497 e. The quantitative estimate of drug-likeness (QED) is 0.307. The highest BCUT2D eigenvalue weighted by molar-refractivity contribution is 5.73. The second kappa shape index (κ2) is 10.2. The molecule has 3 aromatic carbocycles. The minimum atomic E-state index is -4.99. The Morgan fingerprint density at radius 1 is 1.05 bits per heavy atom. The van der Waals surface area contributed by atoms with E-state index in [9.17, 15) is 27.5 Å². The fraction of sp³-hybridized carbons (Fsp3) is 0.345. The lowest BCUT2D eigenvalue weighted by Crippen LogP contribution is -2.19. The molecule has 1 unspecified atom stereocenters. The van der Waals surface area contributed by atoms with Gasteiger partial charge in [0.25, 0.3) is 0 Å². The molecule has 5 rings (SSSR count). The number of fused-ring (bicyclic) bond motifs is 1. The Bertz CT molecular complexity index is 1350. The maximum atomic E-state index is 14.6. The van der Waals surface area contributed by atoms with Crippen molar-refractivity contribution < 1.29 is 41.7 Å². The number of benzene rings is 3. The third-order valence-corrected chi connectivity index (χ3v) is 7.12. The summed E-state index contributed by atoms with van der Waals surface area (Å²) >= 11 is 0. The first-order valence-electron chi connectivity index (χ1n) is 12.4. The minimum absolute atomic E-state index is 0.0350. The number of halogens is 4. The highest BCUT2D eigenvalue weighted by Crippen LogP contribution is 2.47. The van der Waals surface area contributed by atoms with Gasteiger partial charge in [-0.25, -0.2) is 4.39 Å². The molecule has 5 nitrogen and oxygen atoms in total. The number of hydrogen-bond acceptors (Lipinski definition) is 4. The molecule has 0 radical (unpaired) electrons. The normalized spacial score (nSPS) is 17.8. The van der Waals surface area contributed by atoms with Crippen LogP contribution in [0.1, 0.15) is 54.4 Å². The lowest BCUT2D eigenvalue weighted by atomic mass is 9.88. The van der Waals surface area contributed by atoms with E-state index in [0.717, 1.165) is 30.0 Å². The molecular formula is C29H26F4O5. The lowest BCUT2D eigenvalue weighted by Gasteiger charge is -2.28. The molecule has 2 atom stereocenters. The van der Waals surface area contributed by atoms with Gasteiger partial charge in [-0.1, -0.05) is 24.3 Å². The Kier molecular flexibility index (Phi) is 6.94. The maximum Gasteiger partial charge on any atom is 0.573 e. The van der Waals surface area contributed by atoms with Crippen molar-refractivity contribution in [3.8, 4) is 28.4 Å². The Morgan fingerprint density at radius 3 is 2.53 bits per heavy atom. The Balaban J connectivity index is 1.47. The largest absolute Gasteiger partial charge is 0.573 e. The number of carboxylic acid groups (broad SMARTS) is 1. The SMILES string of the molecule is COc1ccc(F)c(-c2ccc(C3CCc4ccc([C@@H](CC(=O)O)C5CC5)cc4O3)cc2OC(F)(F)F)c1. The van der Waals surface area contributed by atoms with Crippen LogP contribution in [-0.2, 0) is 11.2 Å². The number of hydrogen-bond donors (Lipinski definition) is 1. The molecule has 0 aromatic heterocycles. The van der Waals surface area contributed by atoms with E-state index in [1.165, 1.54) is 31.4 Å². The van der Waals surface area contributed by atoms with Crippen molar-refractivity contribution in [2.75, 3.05) is 7.11 Å². The molecule has 0 amide bonds. The molecule has 0 bridgehead atoms. The summed E-state index contributed by atoms with van der Waals surface area (Å²) in [6.07, 6.45) is -2.38. The first-order valence-corrected chi connectivity index (χ1v) is 12.4. The summed E-state index contributed by atoms with van der Waals surface area (Å²) < 4.78 is 70.2. The van der Waals surface area contributed by atoms with Crippen LogP contribution in [-0.4, -0.2) is 24.5 Å². The molecule has 38 heavy (non-hydrogen) atoms. The van der Waals surface area contributed by atoms with Crippen LogP contribution >= 0.6 is 0 Å². The van der Waals surface area contributed by atoms with Gasteiger partial charge in [0.15, 0.2) is 0 Å². The predicted octanol–water partition coefficient (Wildman–Crippen LogP) is 7.43. The first-order chi connectivity index (χ1) is 18.1. The van der Waals surface area contributed by atoms with Crippen molar-refractivity contribution in [1.82, 2.24) is 0 Å². The molecule has 0 saturated heterocycles. The molecule has 1 aliphatic heterocycles. The number of aliphatic carboxylic acids is 1. The highest BCUT2D eigenvalue weighted by atomic mass is 19.4. The van der Waals surface area contributed by atoms with Crippen LogP contribution in [0.4, 0.5) is 17.6 Å². The Labute approximate surface area is 217 Å². The van der Waals surface area contributed by atoms with Crippen LogP contribution in [0, 0.1) is 11.7 Å². The van der Waals surface area contributed by atoms with Gasteiger partial charge >= 0.3 is 12.3 Å². The fourth-order valence-electron chi connectivity index (χ4n) is 5.10.